The van der Waals surface area contributed by atoms with Gasteiger partial charge in [0.15, 0.2) is 0 Å². The summed E-state index contributed by atoms with van der Waals surface area (Å²) in [5.74, 6) is -0.516. The van der Waals surface area contributed by atoms with E-state index in [9.17, 15) is 23.3 Å². The van der Waals surface area contributed by atoms with Crippen LogP contribution in [0.2, 0.25) is 5.02 Å². The molecule has 0 aliphatic carbocycles. The maximum Gasteiger partial charge on any atom is 0.273 e. The number of carbonyl (C=O) groups excluding carboxylic acids is 1. The highest BCUT2D eigenvalue weighted by atomic mass is 35.5. The average Bonchev–Trinajstić information content (AvgIpc) is 2.70. The zero-order valence-electron chi connectivity index (χ0n) is 15.4. The van der Waals surface area contributed by atoms with E-state index in [1.54, 1.807) is 24.3 Å². The molecule has 10 heteroatoms. The number of benzene rings is 3. The number of nitro groups is 1. The van der Waals surface area contributed by atoms with Gasteiger partial charge < -0.3 is 5.32 Å². The molecular formula is C20H16ClN3O5S. The molecule has 0 saturated heterocycles. The molecule has 3 aromatic rings. The van der Waals surface area contributed by atoms with Crippen molar-refractivity contribution in [1.29, 1.82) is 0 Å². The molecule has 0 aliphatic rings. The molecule has 0 saturated carbocycles. The lowest BCUT2D eigenvalue weighted by Gasteiger charge is -2.11. The van der Waals surface area contributed by atoms with Crippen molar-refractivity contribution < 1.29 is 18.1 Å². The molecule has 0 unspecified atom stereocenters. The number of para-hydroxylation sites is 2. The Morgan fingerprint density at radius 1 is 1.00 bits per heavy atom. The van der Waals surface area contributed by atoms with E-state index in [2.05, 4.69) is 10.0 Å². The van der Waals surface area contributed by atoms with Gasteiger partial charge in [-0.2, -0.15) is 0 Å². The molecule has 0 aromatic heterocycles. The van der Waals surface area contributed by atoms with Crippen LogP contribution in [0.25, 0.3) is 0 Å². The molecule has 0 aliphatic heterocycles. The Balaban J connectivity index is 1.76. The Labute approximate surface area is 177 Å². The zero-order chi connectivity index (χ0) is 21.7. The number of rotatable bonds is 7. The van der Waals surface area contributed by atoms with Crippen LogP contribution in [0.3, 0.4) is 0 Å². The van der Waals surface area contributed by atoms with Crippen molar-refractivity contribution in [2.45, 2.75) is 11.3 Å². The number of anilines is 2. The molecule has 0 radical (unpaired) electrons. The molecule has 0 atom stereocenters. The normalized spacial score (nSPS) is 11.0. The first-order valence-corrected chi connectivity index (χ1v) is 10.5. The van der Waals surface area contributed by atoms with Crippen LogP contribution in [-0.2, 0) is 21.2 Å². The van der Waals surface area contributed by atoms with Gasteiger partial charge in [-0.3, -0.25) is 19.6 Å². The van der Waals surface area contributed by atoms with Crippen molar-refractivity contribution in [2.24, 2.45) is 0 Å². The summed E-state index contributed by atoms with van der Waals surface area (Å²) in [6, 6.07) is 18.0. The predicted molar refractivity (Wildman–Crippen MR) is 114 cm³/mol. The summed E-state index contributed by atoms with van der Waals surface area (Å²) < 4.78 is 27.7. The number of nitro benzene ring substituents is 1. The molecule has 154 valence electrons. The van der Waals surface area contributed by atoms with E-state index in [-0.39, 0.29) is 39.0 Å². The first-order valence-electron chi connectivity index (χ1n) is 8.66. The van der Waals surface area contributed by atoms with E-state index in [0.29, 0.717) is 0 Å². The second-order valence-electron chi connectivity index (χ2n) is 6.22. The zero-order valence-corrected chi connectivity index (χ0v) is 17.0. The van der Waals surface area contributed by atoms with E-state index < -0.39 is 20.9 Å². The Bertz CT molecular complexity index is 1210. The number of nitrogens with one attached hydrogen (secondary N) is 2. The molecule has 1 amide bonds. The Hall–Kier alpha value is -3.43. The summed E-state index contributed by atoms with van der Waals surface area (Å²) in [6.45, 7) is 0. The van der Waals surface area contributed by atoms with Gasteiger partial charge in [0.2, 0.25) is 5.91 Å². The number of nitrogens with zero attached hydrogens (tertiary/aromatic N) is 1. The van der Waals surface area contributed by atoms with Gasteiger partial charge in [-0.25, -0.2) is 8.42 Å². The minimum atomic E-state index is -3.95. The standard InChI is InChI=1S/C20H16ClN3O5S/c21-17-9-2-3-10-18(17)23-30(28,29)16-8-5-7-15(13-16)22-20(25)12-14-6-1-4-11-19(14)24(26)27/h1-11,13,23H,12H2,(H,22,25). The van der Waals surface area contributed by atoms with Crippen LogP contribution in [0.1, 0.15) is 5.56 Å². The topological polar surface area (TPSA) is 118 Å². The summed E-state index contributed by atoms with van der Waals surface area (Å²) in [7, 11) is -3.95. The van der Waals surface area contributed by atoms with Gasteiger partial charge in [-0.05, 0) is 30.3 Å². The third-order valence-electron chi connectivity index (χ3n) is 4.09. The van der Waals surface area contributed by atoms with Crippen LogP contribution in [0.4, 0.5) is 17.1 Å². The van der Waals surface area contributed by atoms with Crippen LogP contribution in [0.5, 0.6) is 0 Å². The van der Waals surface area contributed by atoms with Gasteiger partial charge in [0.05, 0.1) is 26.9 Å². The molecular weight excluding hydrogens is 430 g/mol. The number of amides is 1. The third kappa shape index (κ3) is 5.13. The summed E-state index contributed by atoms with van der Waals surface area (Å²) in [5, 5.41) is 13.9. The first kappa shape index (κ1) is 21.3. The van der Waals surface area contributed by atoms with Crippen LogP contribution >= 0.6 is 11.6 Å². The van der Waals surface area contributed by atoms with E-state index >= 15 is 0 Å². The van der Waals surface area contributed by atoms with E-state index in [0.717, 1.165) is 0 Å². The quantitative estimate of drug-likeness (QED) is 0.416. The SMILES string of the molecule is O=C(Cc1ccccc1[N+](=O)[O-])Nc1cccc(S(=O)(=O)Nc2ccccc2Cl)c1. The molecule has 0 fully saturated rings. The summed E-state index contributed by atoms with van der Waals surface area (Å²) in [4.78, 5) is 22.8. The maximum absolute atomic E-state index is 12.6. The van der Waals surface area contributed by atoms with Crippen molar-refractivity contribution in [3.63, 3.8) is 0 Å². The fourth-order valence-corrected chi connectivity index (χ4v) is 4.07. The van der Waals surface area contributed by atoms with E-state index in [4.69, 9.17) is 11.6 Å². The smallest absolute Gasteiger partial charge is 0.273 e. The predicted octanol–water partition coefficient (Wildman–Crippen LogP) is 4.23. The van der Waals surface area contributed by atoms with Crippen molar-refractivity contribution >= 4 is 44.6 Å². The highest BCUT2D eigenvalue weighted by molar-refractivity contribution is 7.92. The number of halogens is 1. The summed E-state index contributed by atoms with van der Waals surface area (Å²) in [6.07, 6.45) is -0.230. The highest BCUT2D eigenvalue weighted by Crippen LogP contribution is 2.25. The molecule has 8 nitrogen and oxygen atoms in total. The number of carbonyl (C=O) groups is 1. The number of hydrogen-bond donors (Lipinski definition) is 2. The molecule has 0 bridgehead atoms. The van der Waals surface area contributed by atoms with Gasteiger partial charge in [-0.15, -0.1) is 0 Å². The Kier molecular flexibility index (Phi) is 6.34. The van der Waals surface area contributed by atoms with Crippen molar-refractivity contribution in [2.75, 3.05) is 10.0 Å². The lowest BCUT2D eigenvalue weighted by atomic mass is 10.1. The fraction of sp³-hybridized carbons (Fsp3) is 0.0500. The fourth-order valence-electron chi connectivity index (χ4n) is 2.71. The Morgan fingerprint density at radius 2 is 1.70 bits per heavy atom. The van der Waals surface area contributed by atoms with Crippen molar-refractivity contribution in [3.8, 4) is 0 Å². The molecule has 3 rings (SSSR count). The maximum atomic E-state index is 12.6. The van der Waals surface area contributed by atoms with Crippen LogP contribution in [0, 0.1) is 10.1 Å². The molecule has 3 aromatic carbocycles. The van der Waals surface area contributed by atoms with E-state index in [1.165, 1.54) is 48.5 Å². The summed E-state index contributed by atoms with van der Waals surface area (Å²) >= 11 is 6.00. The second kappa shape index (κ2) is 8.93. The molecule has 0 heterocycles. The van der Waals surface area contributed by atoms with Gasteiger partial charge in [0, 0.05) is 17.3 Å². The van der Waals surface area contributed by atoms with Gasteiger partial charge in [0.25, 0.3) is 15.7 Å². The van der Waals surface area contributed by atoms with Crippen LogP contribution in [-0.4, -0.2) is 19.2 Å². The van der Waals surface area contributed by atoms with Crippen LogP contribution in [0.15, 0.2) is 77.7 Å². The molecule has 30 heavy (non-hydrogen) atoms. The average molecular weight is 446 g/mol. The lowest BCUT2D eigenvalue weighted by molar-refractivity contribution is -0.385. The largest absolute Gasteiger partial charge is 0.326 e. The van der Waals surface area contributed by atoms with Gasteiger partial charge in [0.1, 0.15) is 0 Å². The minimum Gasteiger partial charge on any atom is -0.326 e. The van der Waals surface area contributed by atoms with E-state index in [1.807, 2.05) is 0 Å². The van der Waals surface area contributed by atoms with Gasteiger partial charge >= 0.3 is 0 Å². The lowest BCUT2D eigenvalue weighted by Crippen LogP contribution is -2.17. The summed E-state index contributed by atoms with van der Waals surface area (Å²) in [5.41, 5.74) is 0.558. The third-order valence-corrected chi connectivity index (χ3v) is 5.78. The molecule has 0 spiro atoms. The Morgan fingerprint density at radius 3 is 2.43 bits per heavy atom. The highest BCUT2D eigenvalue weighted by Gasteiger charge is 2.18. The van der Waals surface area contributed by atoms with Crippen molar-refractivity contribution in [1.82, 2.24) is 0 Å². The van der Waals surface area contributed by atoms with Crippen molar-refractivity contribution in [3.05, 3.63) is 93.5 Å². The first-order chi connectivity index (χ1) is 14.3. The van der Waals surface area contributed by atoms with Crippen LogP contribution < -0.4 is 10.0 Å². The number of sulfonamides is 1. The van der Waals surface area contributed by atoms with Gasteiger partial charge in [-0.1, -0.05) is 48.0 Å². The monoisotopic (exact) mass is 445 g/mol. The number of hydrogen-bond acceptors (Lipinski definition) is 5. The molecule has 2 N–H and O–H groups in total. The second-order valence-corrected chi connectivity index (χ2v) is 8.31. The minimum absolute atomic E-state index is 0.0779.